The predicted octanol–water partition coefficient (Wildman–Crippen LogP) is 1.36. The Bertz CT molecular complexity index is 660. The average Bonchev–Trinajstić information content (AvgIpc) is 3.01. The summed E-state index contributed by atoms with van der Waals surface area (Å²) < 4.78 is 4.92. The third kappa shape index (κ3) is 4.51. The lowest BCUT2D eigenvalue weighted by Gasteiger charge is -2.33. The topological polar surface area (TPSA) is 96.2 Å². The number of nitrogens with one attached hydrogen (secondary N) is 2. The lowest BCUT2D eigenvalue weighted by atomic mass is 10.1. The Kier molecular flexibility index (Phi) is 5.37. The molecule has 0 unspecified atom stereocenters. The van der Waals surface area contributed by atoms with E-state index in [2.05, 4.69) is 30.9 Å². The second-order valence-electron chi connectivity index (χ2n) is 5.94. The van der Waals surface area contributed by atoms with Crippen molar-refractivity contribution in [2.75, 3.05) is 29.9 Å². The number of hydrogen-bond donors (Lipinski definition) is 2. The summed E-state index contributed by atoms with van der Waals surface area (Å²) in [5.41, 5.74) is 0. The van der Waals surface area contributed by atoms with Gasteiger partial charge < -0.3 is 20.1 Å². The Labute approximate surface area is 140 Å². The van der Waals surface area contributed by atoms with E-state index in [1.807, 2.05) is 12.1 Å². The summed E-state index contributed by atoms with van der Waals surface area (Å²) in [6, 6.07) is 5.92. The van der Waals surface area contributed by atoms with Crippen molar-refractivity contribution in [2.45, 2.75) is 32.2 Å². The summed E-state index contributed by atoms with van der Waals surface area (Å²) in [5, 5.41) is 18.0. The molecule has 0 aliphatic carbocycles. The van der Waals surface area contributed by atoms with Gasteiger partial charge in [-0.15, -0.1) is 5.10 Å². The summed E-state index contributed by atoms with van der Waals surface area (Å²) in [6.45, 7) is 4.28. The van der Waals surface area contributed by atoms with Gasteiger partial charge in [-0.05, 0) is 31.9 Å². The van der Waals surface area contributed by atoms with E-state index in [9.17, 15) is 4.79 Å². The van der Waals surface area contributed by atoms with Crippen molar-refractivity contribution in [3.05, 3.63) is 30.2 Å². The van der Waals surface area contributed by atoms with Crippen LogP contribution in [0.4, 0.5) is 11.6 Å². The van der Waals surface area contributed by atoms with Crippen molar-refractivity contribution in [3.8, 4) is 0 Å². The van der Waals surface area contributed by atoms with Crippen molar-refractivity contribution in [2.24, 2.45) is 0 Å². The number of hydrogen-bond acceptors (Lipinski definition) is 7. The molecule has 3 heterocycles. The maximum atomic E-state index is 11.9. The minimum Gasteiger partial charge on any atom is -0.360 e. The second kappa shape index (κ2) is 7.87. The molecule has 2 aromatic rings. The summed E-state index contributed by atoms with van der Waals surface area (Å²) in [6.07, 6.45) is 4.27. The molecule has 1 amide bonds. The van der Waals surface area contributed by atoms with Crippen LogP contribution in [0.15, 0.2) is 28.9 Å². The van der Waals surface area contributed by atoms with Gasteiger partial charge in [0, 0.05) is 44.4 Å². The van der Waals surface area contributed by atoms with E-state index in [0.29, 0.717) is 30.6 Å². The fourth-order valence-electron chi connectivity index (χ4n) is 2.83. The molecule has 128 valence electrons. The molecule has 1 fully saturated rings. The monoisotopic (exact) mass is 330 g/mol. The van der Waals surface area contributed by atoms with Crippen LogP contribution in [-0.2, 0) is 4.79 Å². The van der Waals surface area contributed by atoms with Gasteiger partial charge in [-0.3, -0.25) is 4.79 Å². The fourth-order valence-corrected chi connectivity index (χ4v) is 2.83. The third-order valence-electron chi connectivity index (χ3n) is 3.98. The highest BCUT2D eigenvalue weighted by Gasteiger charge is 2.20. The molecule has 8 heteroatoms. The van der Waals surface area contributed by atoms with Gasteiger partial charge in [0.15, 0.2) is 11.6 Å². The number of amides is 1. The zero-order valence-corrected chi connectivity index (χ0v) is 13.7. The minimum absolute atomic E-state index is 0.0719. The predicted molar refractivity (Wildman–Crippen MR) is 89.8 cm³/mol. The smallest absolute Gasteiger partial charge is 0.226 e. The van der Waals surface area contributed by atoms with E-state index in [1.54, 1.807) is 19.2 Å². The average molecular weight is 330 g/mol. The van der Waals surface area contributed by atoms with E-state index in [4.69, 9.17) is 4.52 Å². The van der Waals surface area contributed by atoms with E-state index in [-0.39, 0.29) is 5.91 Å². The minimum atomic E-state index is -0.0719. The molecule has 0 radical (unpaired) electrons. The van der Waals surface area contributed by atoms with Crippen molar-refractivity contribution in [1.82, 2.24) is 20.7 Å². The summed E-state index contributed by atoms with van der Waals surface area (Å²) in [5.74, 6) is 1.97. The number of rotatable bonds is 6. The molecule has 0 saturated carbocycles. The molecule has 0 spiro atoms. The maximum absolute atomic E-state index is 11.9. The molecule has 0 bridgehead atoms. The Morgan fingerprint density at radius 1 is 1.50 bits per heavy atom. The lowest BCUT2D eigenvalue weighted by Crippen LogP contribution is -2.46. The van der Waals surface area contributed by atoms with Gasteiger partial charge in [0.2, 0.25) is 5.91 Å². The Balaban J connectivity index is 1.40. The molecule has 2 aromatic heterocycles. The largest absolute Gasteiger partial charge is 0.360 e. The molecule has 1 aliphatic heterocycles. The summed E-state index contributed by atoms with van der Waals surface area (Å²) >= 11 is 0. The van der Waals surface area contributed by atoms with Crippen LogP contribution in [0.25, 0.3) is 0 Å². The first-order valence-corrected chi connectivity index (χ1v) is 8.20. The van der Waals surface area contributed by atoms with Gasteiger partial charge in [-0.1, -0.05) is 5.16 Å². The quantitative estimate of drug-likeness (QED) is 0.825. The number of carbonyl (C=O) groups excluding carboxylic acids is 1. The number of aryl methyl sites for hydroxylation is 1. The summed E-state index contributed by atoms with van der Waals surface area (Å²) in [4.78, 5) is 14.1. The number of aromatic nitrogens is 3. The Hall–Kier alpha value is -2.48. The summed E-state index contributed by atoms with van der Waals surface area (Å²) in [7, 11) is 0. The van der Waals surface area contributed by atoms with E-state index >= 15 is 0 Å². The molecule has 1 atom stereocenters. The van der Waals surface area contributed by atoms with Crippen LogP contribution in [-0.4, -0.2) is 46.9 Å². The van der Waals surface area contributed by atoms with Crippen molar-refractivity contribution < 1.29 is 9.32 Å². The van der Waals surface area contributed by atoms with Gasteiger partial charge in [0.05, 0.1) is 0 Å². The molecule has 3 rings (SSSR count). The van der Waals surface area contributed by atoms with Crippen LogP contribution in [0.2, 0.25) is 0 Å². The molecule has 0 aromatic carbocycles. The Morgan fingerprint density at radius 2 is 2.42 bits per heavy atom. The van der Waals surface area contributed by atoms with Gasteiger partial charge in [-0.25, -0.2) is 0 Å². The SMILES string of the molecule is Cc1cc(NC(=O)CCN[C@@H]2CCCN(c3cccnn3)C2)no1. The molecular weight excluding hydrogens is 308 g/mol. The highest BCUT2D eigenvalue weighted by Crippen LogP contribution is 2.16. The first-order valence-electron chi connectivity index (χ1n) is 8.20. The third-order valence-corrected chi connectivity index (χ3v) is 3.98. The van der Waals surface area contributed by atoms with Gasteiger partial charge in [0.25, 0.3) is 0 Å². The maximum Gasteiger partial charge on any atom is 0.226 e. The van der Waals surface area contributed by atoms with Crippen LogP contribution in [0.3, 0.4) is 0 Å². The van der Waals surface area contributed by atoms with Crippen molar-refractivity contribution in [3.63, 3.8) is 0 Å². The number of carbonyl (C=O) groups is 1. The zero-order valence-electron chi connectivity index (χ0n) is 13.7. The molecule has 2 N–H and O–H groups in total. The molecule has 1 saturated heterocycles. The zero-order chi connectivity index (χ0) is 16.8. The van der Waals surface area contributed by atoms with Crippen LogP contribution in [0.5, 0.6) is 0 Å². The molecule has 8 nitrogen and oxygen atoms in total. The fraction of sp³-hybridized carbons (Fsp3) is 0.500. The van der Waals surface area contributed by atoms with Crippen molar-refractivity contribution >= 4 is 17.5 Å². The van der Waals surface area contributed by atoms with E-state index < -0.39 is 0 Å². The van der Waals surface area contributed by atoms with Crippen LogP contribution in [0, 0.1) is 6.92 Å². The van der Waals surface area contributed by atoms with E-state index in [1.165, 1.54) is 0 Å². The first kappa shape index (κ1) is 16.4. The van der Waals surface area contributed by atoms with Crippen LogP contribution in [0.1, 0.15) is 25.0 Å². The number of nitrogens with zero attached hydrogens (tertiary/aromatic N) is 4. The molecule has 24 heavy (non-hydrogen) atoms. The Morgan fingerprint density at radius 3 is 3.17 bits per heavy atom. The van der Waals surface area contributed by atoms with Crippen LogP contribution >= 0.6 is 0 Å². The van der Waals surface area contributed by atoms with Crippen molar-refractivity contribution in [1.29, 1.82) is 0 Å². The lowest BCUT2D eigenvalue weighted by molar-refractivity contribution is -0.116. The number of piperidine rings is 1. The number of anilines is 2. The van der Waals surface area contributed by atoms with Gasteiger partial charge in [-0.2, -0.15) is 5.10 Å². The molecule has 1 aliphatic rings. The van der Waals surface area contributed by atoms with Gasteiger partial charge >= 0.3 is 0 Å². The van der Waals surface area contributed by atoms with Gasteiger partial charge in [0.1, 0.15) is 5.76 Å². The standard InChI is InChI=1S/C16H22N6O2/c1-12-10-14(21-24-12)19-16(23)6-8-17-13-4-3-9-22(11-13)15-5-2-7-18-20-15/h2,5,7,10,13,17H,3-4,6,8-9,11H2,1H3,(H,19,21,23)/t13-/m1/s1. The van der Waals surface area contributed by atoms with E-state index in [0.717, 1.165) is 31.7 Å². The highest BCUT2D eigenvalue weighted by atomic mass is 16.5. The molecular formula is C16H22N6O2. The normalized spacial score (nSPS) is 17.7. The van der Waals surface area contributed by atoms with Crippen LogP contribution < -0.4 is 15.5 Å². The second-order valence-corrected chi connectivity index (χ2v) is 5.94. The highest BCUT2D eigenvalue weighted by molar-refractivity contribution is 5.89. The first-order chi connectivity index (χ1) is 11.7.